The normalized spacial score (nSPS) is 13.4. The summed E-state index contributed by atoms with van der Waals surface area (Å²) in [6.07, 6.45) is 1.84. The molecule has 0 unspecified atom stereocenters. The van der Waals surface area contributed by atoms with E-state index in [0.29, 0.717) is 5.56 Å². The number of carbonyl (C=O) groups is 1. The molecule has 0 aliphatic heterocycles. The number of halogens is 1. The van der Waals surface area contributed by atoms with E-state index in [1.54, 1.807) is 18.2 Å². The molecule has 3 rings (SSSR count). The highest BCUT2D eigenvalue weighted by atomic mass is 19.1. The molecule has 0 saturated carbocycles. The zero-order chi connectivity index (χ0) is 17.3. The zero-order valence-electron chi connectivity index (χ0n) is 13.3. The molecule has 0 radical (unpaired) electrons. The van der Waals surface area contributed by atoms with Crippen molar-refractivity contribution in [2.75, 3.05) is 0 Å². The fourth-order valence-corrected chi connectivity index (χ4v) is 3.04. The van der Waals surface area contributed by atoms with Gasteiger partial charge in [0.1, 0.15) is 5.82 Å². The SMILES string of the molecule is CC1=C(c2ccc(F)cc2)c2cc(C(=O)N=C(N)N)ccc2CC1. The van der Waals surface area contributed by atoms with E-state index in [0.717, 1.165) is 35.1 Å². The van der Waals surface area contributed by atoms with Gasteiger partial charge in [-0.3, -0.25) is 4.79 Å². The van der Waals surface area contributed by atoms with Crippen LogP contribution in [0, 0.1) is 5.82 Å². The average molecular weight is 323 g/mol. The maximum Gasteiger partial charge on any atom is 0.280 e. The first-order chi connectivity index (χ1) is 11.5. The quantitative estimate of drug-likeness (QED) is 0.658. The zero-order valence-corrected chi connectivity index (χ0v) is 13.3. The van der Waals surface area contributed by atoms with E-state index < -0.39 is 5.91 Å². The molecule has 4 nitrogen and oxygen atoms in total. The molecule has 0 heterocycles. The van der Waals surface area contributed by atoms with Gasteiger partial charge in [0, 0.05) is 5.56 Å². The van der Waals surface area contributed by atoms with Crippen LogP contribution in [0.1, 0.15) is 40.4 Å². The molecule has 122 valence electrons. The Bertz CT molecular complexity index is 863. The standard InChI is InChI=1S/C19H18FN3O/c1-11-2-3-12-4-5-14(18(24)23-19(21)22)10-16(12)17(11)13-6-8-15(20)9-7-13/h4-10H,2-3H2,1H3,(H4,21,22,23,24). The third-order valence-electron chi connectivity index (χ3n) is 4.19. The van der Waals surface area contributed by atoms with Crippen LogP contribution in [0.4, 0.5) is 4.39 Å². The number of rotatable bonds is 2. The number of nitrogens with two attached hydrogens (primary N) is 2. The number of aryl methyl sites for hydroxylation is 1. The first-order valence-electron chi connectivity index (χ1n) is 7.68. The van der Waals surface area contributed by atoms with E-state index in [4.69, 9.17) is 11.5 Å². The molecule has 5 heteroatoms. The number of hydrogen-bond acceptors (Lipinski definition) is 1. The Morgan fingerprint density at radius 3 is 2.46 bits per heavy atom. The molecule has 0 bridgehead atoms. The Labute approximate surface area is 139 Å². The van der Waals surface area contributed by atoms with Crippen LogP contribution in [0.5, 0.6) is 0 Å². The van der Waals surface area contributed by atoms with Crippen LogP contribution < -0.4 is 11.5 Å². The van der Waals surface area contributed by atoms with Crippen LogP contribution in [0.2, 0.25) is 0 Å². The molecule has 2 aromatic carbocycles. The Morgan fingerprint density at radius 2 is 1.79 bits per heavy atom. The molecule has 0 spiro atoms. The van der Waals surface area contributed by atoms with Crippen LogP contribution in [0.25, 0.3) is 5.57 Å². The minimum absolute atomic E-state index is 0.261. The summed E-state index contributed by atoms with van der Waals surface area (Å²) in [5, 5.41) is 0. The number of benzene rings is 2. The minimum Gasteiger partial charge on any atom is -0.370 e. The number of hydrogen-bond donors (Lipinski definition) is 2. The van der Waals surface area contributed by atoms with Crippen molar-refractivity contribution in [3.63, 3.8) is 0 Å². The predicted octanol–water partition coefficient (Wildman–Crippen LogP) is 3.01. The third-order valence-corrected chi connectivity index (χ3v) is 4.19. The van der Waals surface area contributed by atoms with Crippen molar-refractivity contribution in [3.8, 4) is 0 Å². The fourth-order valence-electron chi connectivity index (χ4n) is 3.04. The molecule has 0 saturated heterocycles. The van der Waals surface area contributed by atoms with Crippen LogP contribution in [-0.2, 0) is 6.42 Å². The molecule has 0 fully saturated rings. The number of allylic oxidation sites excluding steroid dienone is 1. The van der Waals surface area contributed by atoms with E-state index in [9.17, 15) is 9.18 Å². The highest BCUT2D eigenvalue weighted by molar-refractivity contribution is 6.02. The van der Waals surface area contributed by atoms with Gasteiger partial charge in [-0.2, -0.15) is 4.99 Å². The van der Waals surface area contributed by atoms with Gasteiger partial charge in [-0.05, 0) is 66.3 Å². The van der Waals surface area contributed by atoms with Gasteiger partial charge < -0.3 is 11.5 Å². The van der Waals surface area contributed by atoms with Gasteiger partial charge in [0.05, 0.1) is 0 Å². The molecule has 0 atom stereocenters. The summed E-state index contributed by atoms with van der Waals surface area (Å²) in [6.45, 7) is 2.06. The van der Waals surface area contributed by atoms with Crippen molar-refractivity contribution in [2.45, 2.75) is 19.8 Å². The number of guanidine groups is 1. The van der Waals surface area contributed by atoms with Gasteiger partial charge in [-0.1, -0.05) is 23.8 Å². The Kier molecular flexibility index (Phi) is 4.16. The molecule has 1 amide bonds. The lowest BCUT2D eigenvalue weighted by atomic mass is 9.82. The van der Waals surface area contributed by atoms with Gasteiger partial charge in [0.15, 0.2) is 5.96 Å². The lowest BCUT2D eigenvalue weighted by Crippen LogP contribution is -2.24. The minimum atomic E-state index is -0.473. The van der Waals surface area contributed by atoms with Crippen LogP contribution in [0.3, 0.4) is 0 Å². The number of carbonyl (C=O) groups excluding carboxylic acids is 1. The summed E-state index contributed by atoms with van der Waals surface area (Å²) in [4.78, 5) is 15.7. The highest BCUT2D eigenvalue weighted by Crippen LogP contribution is 2.36. The fraction of sp³-hybridized carbons (Fsp3) is 0.158. The number of nitrogens with zero attached hydrogens (tertiary/aromatic N) is 1. The molecule has 4 N–H and O–H groups in total. The summed E-state index contributed by atoms with van der Waals surface area (Å²) in [6, 6.07) is 11.9. The maximum atomic E-state index is 13.2. The molecule has 0 aromatic heterocycles. The van der Waals surface area contributed by atoms with Crippen molar-refractivity contribution in [1.82, 2.24) is 0 Å². The van der Waals surface area contributed by atoms with Gasteiger partial charge in [-0.15, -0.1) is 0 Å². The van der Waals surface area contributed by atoms with Crippen LogP contribution in [-0.4, -0.2) is 11.9 Å². The molecular weight excluding hydrogens is 305 g/mol. The van der Waals surface area contributed by atoms with E-state index in [2.05, 4.69) is 11.9 Å². The molecule has 24 heavy (non-hydrogen) atoms. The van der Waals surface area contributed by atoms with Crippen molar-refractivity contribution in [2.24, 2.45) is 16.5 Å². The van der Waals surface area contributed by atoms with Crippen molar-refractivity contribution in [3.05, 3.63) is 76.1 Å². The van der Waals surface area contributed by atoms with E-state index in [1.807, 2.05) is 12.1 Å². The van der Waals surface area contributed by atoms with E-state index in [1.165, 1.54) is 17.7 Å². The van der Waals surface area contributed by atoms with E-state index >= 15 is 0 Å². The summed E-state index contributed by atoms with van der Waals surface area (Å²) < 4.78 is 13.2. The second kappa shape index (κ2) is 6.28. The third kappa shape index (κ3) is 3.06. The Morgan fingerprint density at radius 1 is 1.08 bits per heavy atom. The lowest BCUT2D eigenvalue weighted by molar-refractivity contribution is 0.100. The van der Waals surface area contributed by atoms with E-state index in [-0.39, 0.29) is 11.8 Å². The van der Waals surface area contributed by atoms with Crippen LogP contribution in [0.15, 0.2) is 53.0 Å². The smallest absolute Gasteiger partial charge is 0.280 e. The van der Waals surface area contributed by atoms with Crippen LogP contribution >= 0.6 is 0 Å². The second-order valence-electron chi connectivity index (χ2n) is 5.88. The first kappa shape index (κ1) is 15.9. The average Bonchev–Trinajstić information content (AvgIpc) is 2.55. The number of amides is 1. The predicted molar refractivity (Wildman–Crippen MR) is 93.0 cm³/mol. The van der Waals surface area contributed by atoms with Crippen molar-refractivity contribution < 1.29 is 9.18 Å². The largest absolute Gasteiger partial charge is 0.370 e. The van der Waals surface area contributed by atoms with Crippen molar-refractivity contribution in [1.29, 1.82) is 0 Å². The Balaban J connectivity index is 2.12. The van der Waals surface area contributed by atoms with Gasteiger partial charge >= 0.3 is 0 Å². The Hall–Kier alpha value is -2.95. The maximum absolute atomic E-state index is 13.2. The van der Waals surface area contributed by atoms with Gasteiger partial charge in [0.2, 0.25) is 0 Å². The second-order valence-corrected chi connectivity index (χ2v) is 5.88. The highest BCUT2D eigenvalue weighted by Gasteiger charge is 2.20. The topological polar surface area (TPSA) is 81.5 Å². The van der Waals surface area contributed by atoms with Gasteiger partial charge in [0.25, 0.3) is 5.91 Å². The monoisotopic (exact) mass is 323 g/mol. The first-order valence-corrected chi connectivity index (χ1v) is 7.68. The number of fused-ring (bicyclic) bond motifs is 1. The lowest BCUT2D eigenvalue weighted by Gasteiger charge is -2.22. The molecule has 2 aromatic rings. The summed E-state index contributed by atoms with van der Waals surface area (Å²) in [7, 11) is 0. The van der Waals surface area contributed by atoms with Gasteiger partial charge in [-0.25, -0.2) is 4.39 Å². The molecule has 1 aliphatic rings. The number of aliphatic imine (C=N–C) groups is 1. The van der Waals surface area contributed by atoms with Crippen molar-refractivity contribution >= 4 is 17.4 Å². The summed E-state index contributed by atoms with van der Waals surface area (Å²) >= 11 is 0. The summed E-state index contributed by atoms with van der Waals surface area (Å²) in [5.41, 5.74) is 16.3. The summed E-state index contributed by atoms with van der Waals surface area (Å²) in [5.74, 6) is -1.01. The molecule has 1 aliphatic carbocycles. The molecular formula is C19H18FN3O.